The Kier molecular flexibility index (Phi) is 10.9. The number of halogens is 4. The number of benzene rings is 2. The fraction of sp³-hybridized carbons (Fsp3) is 0.344. The number of alkyl halides is 2. The van der Waals surface area contributed by atoms with Gasteiger partial charge in [0.05, 0.1) is 51.8 Å². The standard InChI is InChI=1S/C32H30Cl2F2N6O6S/c1-2-48-31(45)26(11-19-6-8-21(9-7-19)39-30(44)28-24(33)14-38-15-25(28)34)40-29(43)27-12-22(41-17-32(35,36)18-41)16-42(27)49(46,47)23-5-3-4-20(10-23)13-37/h3-10,14-15,22,26-27H,2,11-12,16-18H2,1H3,(H,39,44)(H,40,43)/t22-,26+,27?/m1/s1. The molecule has 1 unspecified atom stereocenters. The van der Waals surface area contributed by atoms with Crippen LogP contribution in [0.1, 0.15) is 34.8 Å². The zero-order valence-corrected chi connectivity index (χ0v) is 28.2. The molecule has 2 aliphatic rings. The maximum atomic E-state index is 13.8. The average Bonchev–Trinajstić information content (AvgIpc) is 3.51. The number of nitrogens with one attached hydrogen (secondary N) is 2. The summed E-state index contributed by atoms with van der Waals surface area (Å²) >= 11 is 12.1. The highest BCUT2D eigenvalue weighted by molar-refractivity contribution is 7.89. The molecule has 5 rings (SSSR count). The van der Waals surface area contributed by atoms with Crippen LogP contribution in [0.25, 0.3) is 0 Å². The van der Waals surface area contributed by atoms with Gasteiger partial charge in [0.25, 0.3) is 11.8 Å². The second-order valence-electron chi connectivity index (χ2n) is 11.5. The first-order valence-corrected chi connectivity index (χ1v) is 17.2. The molecule has 2 saturated heterocycles. The van der Waals surface area contributed by atoms with Gasteiger partial charge in [-0.25, -0.2) is 22.0 Å². The normalized spacial score (nSPS) is 19.7. The number of aromatic nitrogens is 1. The molecule has 2 fully saturated rings. The second kappa shape index (κ2) is 14.7. The Morgan fingerprint density at radius 3 is 2.41 bits per heavy atom. The molecule has 1 aromatic heterocycles. The van der Waals surface area contributed by atoms with Crippen molar-refractivity contribution in [3.63, 3.8) is 0 Å². The quantitative estimate of drug-likeness (QED) is 0.279. The van der Waals surface area contributed by atoms with Crippen molar-refractivity contribution in [1.82, 2.24) is 19.5 Å². The summed E-state index contributed by atoms with van der Waals surface area (Å²) in [5.41, 5.74) is 1.06. The van der Waals surface area contributed by atoms with E-state index in [9.17, 15) is 36.8 Å². The SMILES string of the molecule is CCOC(=O)[C@H](Cc1ccc(NC(=O)c2c(Cl)cncc2Cl)cc1)NC(=O)C1C[C@@H](N2CC(F)(F)C2)CN1S(=O)(=O)c1cccc(C#N)c1. The number of carbonyl (C=O) groups is 3. The van der Waals surface area contributed by atoms with E-state index < -0.39 is 64.9 Å². The number of nitrogens with zero attached hydrogens (tertiary/aromatic N) is 4. The van der Waals surface area contributed by atoms with E-state index in [2.05, 4.69) is 15.6 Å². The summed E-state index contributed by atoms with van der Waals surface area (Å²) in [4.78, 5) is 44.6. The number of carbonyl (C=O) groups excluding carboxylic acids is 3. The Bertz CT molecular complexity index is 1880. The lowest BCUT2D eigenvalue weighted by Crippen LogP contribution is -2.60. The summed E-state index contributed by atoms with van der Waals surface area (Å²) in [7, 11) is -4.37. The summed E-state index contributed by atoms with van der Waals surface area (Å²) in [6.45, 7) is 0.188. The molecule has 0 radical (unpaired) electrons. The molecule has 2 amide bonds. The summed E-state index contributed by atoms with van der Waals surface area (Å²) in [6, 6.07) is 10.2. The van der Waals surface area contributed by atoms with Crippen LogP contribution in [0.2, 0.25) is 10.0 Å². The largest absolute Gasteiger partial charge is 0.464 e. The number of ether oxygens (including phenoxy) is 1. The molecule has 3 aromatic rings. The minimum atomic E-state index is -4.37. The predicted molar refractivity (Wildman–Crippen MR) is 175 cm³/mol. The fourth-order valence-corrected chi connectivity index (χ4v) is 7.92. The summed E-state index contributed by atoms with van der Waals surface area (Å²) < 4.78 is 61.2. The van der Waals surface area contributed by atoms with E-state index in [4.69, 9.17) is 27.9 Å². The second-order valence-corrected chi connectivity index (χ2v) is 14.2. The topological polar surface area (TPSA) is 162 Å². The number of esters is 1. The maximum Gasteiger partial charge on any atom is 0.328 e. The molecule has 258 valence electrons. The molecular formula is C32H30Cl2F2N6O6S. The Labute approximate surface area is 291 Å². The molecule has 17 heteroatoms. The third kappa shape index (κ3) is 8.17. The van der Waals surface area contributed by atoms with E-state index >= 15 is 0 Å². The van der Waals surface area contributed by atoms with Gasteiger partial charge in [0, 0.05) is 37.1 Å². The number of anilines is 1. The molecule has 2 aliphatic heterocycles. The summed E-state index contributed by atoms with van der Waals surface area (Å²) in [5.74, 6) is -5.08. The molecule has 3 atom stereocenters. The van der Waals surface area contributed by atoms with E-state index in [1.165, 1.54) is 41.6 Å². The molecule has 3 heterocycles. The highest BCUT2D eigenvalue weighted by Gasteiger charge is 2.53. The Balaban J connectivity index is 1.35. The van der Waals surface area contributed by atoms with Crippen LogP contribution in [-0.2, 0) is 30.8 Å². The first kappa shape index (κ1) is 36.1. The van der Waals surface area contributed by atoms with Gasteiger partial charge in [-0.05, 0) is 49.2 Å². The van der Waals surface area contributed by atoms with Gasteiger partial charge in [-0.15, -0.1) is 0 Å². The maximum absolute atomic E-state index is 13.8. The Morgan fingerprint density at radius 1 is 1.12 bits per heavy atom. The number of likely N-dealkylation sites (tertiary alicyclic amines) is 1. The predicted octanol–water partition coefficient (Wildman–Crippen LogP) is 3.89. The lowest BCUT2D eigenvalue weighted by Gasteiger charge is -2.42. The zero-order valence-electron chi connectivity index (χ0n) is 25.9. The van der Waals surface area contributed by atoms with E-state index in [-0.39, 0.29) is 52.1 Å². The van der Waals surface area contributed by atoms with Gasteiger partial charge >= 0.3 is 5.97 Å². The van der Waals surface area contributed by atoms with Crippen LogP contribution >= 0.6 is 23.2 Å². The van der Waals surface area contributed by atoms with Crippen molar-refractivity contribution in [2.75, 3.05) is 31.6 Å². The van der Waals surface area contributed by atoms with Gasteiger partial charge in [0.15, 0.2) is 0 Å². The zero-order chi connectivity index (χ0) is 35.5. The molecule has 0 saturated carbocycles. The number of sulfonamides is 1. The van der Waals surface area contributed by atoms with Crippen molar-refractivity contribution in [3.8, 4) is 6.07 Å². The summed E-state index contributed by atoms with van der Waals surface area (Å²) in [6.07, 6.45) is 2.40. The Hall–Kier alpha value is -4.20. The third-order valence-corrected chi connectivity index (χ3v) is 10.6. The van der Waals surface area contributed by atoms with Crippen LogP contribution in [0.15, 0.2) is 65.8 Å². The molecule has 12 nitrogen and oxygen atoms in total. The average molecular weight is 736 g/mol. The third-order valence-electron chi connectivity index (χ3n) is 8.11. The number of rotatable bonds is 11. The minimum Gasteiger partial charge on any atom is -0.464 e. The molecule has 0 aliphatic carbocycles. The highest BCUT2D eigenvalue weighted by Crippen LogP contribution is 2.36. The first-order valence-electron chi connectivity index (χ1n) is 15.0. The smallest absolute Gasteiger partial charge is 0.328 e. The number of pyridine rings is 1. The van der Waals surface area contributed by atoms with Crippen LogP contribution in [0, 0.1) is 11.3 Å². The van der Waals surface area contributed by atoms with Crippen LogP contribution < -0.4 is 10.6 Å². The monoisotopic (exact) mass is 734 g/mol. The molecular weight excluding hydrogens is 705 g/mol. The number of amides is 2. The van der Waals surface area contributed by atoms with Crippen molar-refractivity contribution in [3.05, 3.63) is 87.7 Å². The lowest BCUT2D eigenvalue weighted by atomic mass is 10.0. The van der Waals surface area contributed by atoms with E-state index in [1.807, 2.05) is 6.07 Å². The number of hydrogen-bond acceptors (Lipinski definition) is 9. The molecule has 0 bridgehead atoms. The highest BCUT2D eigenvalue weighted by atomic mass is 35.5. The van der Waals surface area contributed by atoms with Gasteiger partial charge in [0.1, 0.15) is 12.1 Å². The van der Waals surface area contributed by atoms with Crippen molar-refractivity contribution < 1.29 is 36.3 Å². The van der Waals surface area contributed by atoms with Crippen LogP contribution in [0.5, 0.6) is 0 Å². The molecule has 0 spiro atoms. The van der Waals surface area contributed by atoms with Crippen molar-refractivity contribution in [1.29, 1.82) is 5.26 Å². The van der Waals surface area contributed by atoms with Crippen molar-refractivity contribution >= 4 is 56.7 Å². The first-order chi connectivity index (χ1) is 23.2. The minimum absolute atomic E-state index is 0.000704. The molecule has 2 N–H and O–H groups in total. The van der Waals surface area contributed by atoms with E-state index in [0.29, 0.717) is 11.3 Å². The number of nitriles is 1. The van der Waals surface area contributed by atoms with Crippen LogP contribution in [-0.4, -0.2) is 90.7 Å². The van der Waals surface area contributed by atoms with Crippen LogP contribution in [0.3, 0.4) is 0 Å². The van der Waals surface area contributed by atoms with Gasteiger partial charge in [0.2, 0.25) is 15.9 Å². The van der Waals surface area contributed by atoms with Gasteiger partial charge in [-0.1, -0.05) is 41.4 Å². The van der Waals surface area contributed by atoms with Crippen molar-refractivity contribution in [2.24, 2.45) is 0 Å². The molecule has 2 aromatic carbocycles. The van der Waals surface area contributed by atoms with Gasteiger partial charge in [-0.3, -0.25) is 19.5 Å². The fourth-order valence-electron chi connectivity index (χ4n) is 5.71. The summed E-state index contributed by atoms with van der Waals surface area (Å²) in [5, 5.41) is 14.7. The van der Waals surface area contributed by atoms with Crippen LogP contribution in [0.4, 0.5) is 14.5 Å². The van der Waals surface area contributed by atoms with Gasteiger partial charge < -0.3 is 15.4 Å². The van der Waals surface area contributed by atoms with Crippen molar-refractivity contribution in [2.45, 2.75) is 48.7 Å². The molecule has 49 heavy (non-hydrogen) atoms. The number of hydrogen-bond donors (Lipinski definition) is 2. The van der Waals surface area contributed by atoms with Gasteiger partial charge in [-0.2, -0.15) is 9.57 Å². The Morgan fingerprint density at radius 2 is 1.80 bits per heavy atom. The van der Waals surface area contributed by atoms with E-state index in [0.717, 1.165) is 4.31 Å². The van der Waals surface area contributed by atoms with E-state index in [1.54, 1.807) is 31.2 Å². The lowest BCUT2D eigenvalue weighted by molar-refractivity contribution is -0.148.